The van der Waals surface area contributed by atoms with Gasteiger partial charge in [0.2, 0.25) is 5.91 Å². The molecular formula is C13H17N3O. The van der Waals surface area contributed by atoms with Crippen molar-refractivity contribution < 1.29 is 4.79 Å². The van der Waals surface area contributed by atoms with Crippen molar-refractivity contribution in [1.82, 2.24) is 4.98 Å². The van der Waals surface area contributed by atoms with Gasteiger partial charge in [-0.2, -0.15) is 0 Å². The maximum Gasteiger partial charge on any atom is 0.228 e. The Kier molecular flexibility index (Phi) is 2.50. The molecule has 2 aliphatic rings. The minimum absolute atomic E-state index is 0.121. The number of nitrogen functional groups attached to an aromatic ring is 1. The number of aromatic nitrogens is 1. The summed E-state index contributed by atoms with van der Waals surface area (Å²) < 4.78 is 0. The molecule has 2 fully saturated rings. The molecule has 1 heterocycles. The van der Waals surface area contributed by atoms with Crippen LogP contribution in [0, 0.1) is 17.8 Å². The van der Waals surface area contributed by atoms with Gasteiger partial charge in [-0.1, -0.05) is 12.5 Å². The monoisotopic (exact) mass is 231 g/mol. The van der Waals surface area contributed by atoms with E-state index in [9.17, 15) is 4.79 Å². The van der Waals surface area contributed by atoms with Crippen molar-refractivity contribution in [1.29, 1.82) is 0 Å². The van der Waals surface area contributed by atoms with Crippen molar-refractivity contribution in [2.45, 2.75) is 25.7 Å². The van der Waals surface area contributed by atoms with Gasteiger partial charge in [0.05, 0.1) is 0 Å². The molecular weight excluding hydrogens is 214 g/mol. The maximum absolute atomic E-state index is 12.1. The number of nitrogens with zero attached hydrogens (tertiary/aromatic N) is 1. The molecule has 4 heteroatoms. The predicted octanol–water partition coefficient (Wildman–Crippen LogP) is 2.04. The first-order valence-corrected chi connectivity index (χ1v) is 6.26. The average Bonchev–Trinajstić information content (AvgIpc) is 2.90. The molecule has 2 aliphatic carbocycles. The van der Waals surface area contributed by atoms with Gasteiger partial charge in [-0.05, 0) is 43.2 Å². The smallest absolute Gasteiger partial charge is 0.228 e. The first-order chi connectivity index (χ1) is 8.22. The third-order valence-electron chi connectivity index (χ3n) is 4.10. The van der Waals surface area contributed by atoms with E-state index >= 15 is 0 Å². The van der Waals surface area contributed by atoms with Gasteiger partial charge in [-0.25, -0.2) is 4.98 Å². The Labute approximate surface area is 101 Å². The van der Waals surface area contributed by atoms with Crippen LogP contribution in [0.25, 0.3) is 0 Å². The molecule has 1 aromatic rings. The zero-order valence-corrected chi connectivity index (χ0v) is 9.73. The third-order valence-corrected chi connectivity index (χ3v) is 4.10. The lowest BCUT2D eigenvalue weighted by molar-refractivity contribution is -0.121. The molecule has 3 unspecified atom stereocenters. The second-order valence-corrected chi connectivity index (χ2v) is 5.22. The number of rotatable bonds is 2. The van der Waals surface area contributed by atoms with Crippen LogP contribution in [0.5, 0.6) is 0 Å². The van der Waals surface area contributed by atoms with Crippen LogP contribution in [-0.4, -0.2) is 10.9 Å². The first-order valence-electron chi connectivity index (χ1n) is 6.26. The summed E-state index contributed by atoms with van der Waals surface area (Å²) in [5.41, 5.74) is 5.59. The highest BCUT2D eigenvalue weighted by Crippen LogP contribution is 2.48. The van der Waals surface area contributed by atoms with E-state index in [1.807, 2.05) is 0 Å². The van der Waals surface area contributed by atoms with Crippen LogP contribution in [0.2, 0.25) is 0 Å². The lowest BCUT2D eigenvalue weighted by atomic mass is 9.88. The fourth-order valence-corrected chi connectivity index (χ4v) is 3.31. The Hall–Kier alpha value is -1.58. The molecule has 0 spiro atoms. The molecule has 0 aromatic carbocycles. The van der Waals surface area contributed by atoms with Crippen LogP contribution in [0.15, 0.2) is 18.2 Å². The average molecular weight is 231 g/mol. The molecule has 2 bridgehead atoms. The van der Waals surface area contributed by atoms with E-state index in [2.05, 4.69) is 10.3 Å². The topological polar surface area (TPSA) is 68.0 Å². The van der Waals surface area contributed by atoms with Crippen LogP contribution < -0.4 is 11.1 Å². The zero-order chi connectivity index (χ0) is 11.8. The number of carbonyl (C=O) groups excluding carboxylic acids is 1. The number of hydrogen-bond donors (Lipinski definition) is 2. The molecule has 17 heavy (non-hydrogen) atoms. The molecule has 90 valence electrons. The van der Waals surface area contributed by atoms with E-state index in [1.165, 1.54) is 19.3 Å². The third kappa shape index (κ3) is 1.99. The zero-order valence-electron chi connectivity index (χ0n) is 9.73. The molecule has 1 aromatic heterocycles. The molecule has 3 N–H and O–H groups in total. The summed E-state index contributed by atoms with van der Waals surface area (Å²) in [5, 5.41) is 2.88. The van der Waals surface area contributed by atoms with E-state index < -0.39 is 0 Å². The summed E-state index contributed by atoms with van der Waals surface area (Å²) in [6.45, 7) is 0. The van der Waals surface area contributed by atoms with E-state index in [4.69, 9.17) is 5.73 Å². The molecule has 3 rings (SSSR count). The van der Waals surface area contributed by atoms with Gasteiger partial charge in [0.15, 0.2) is 0 Å². The predicted molar refractivity (Wildman–Crippen MR) is 66.2 cm³/mol. The highest BCUT2D eigenvalue weighted by molar-refractivity contribution is 5.92. The number of amides is 1. The Morgan fingerprint density at radius 2 is 2.24 bits per heavy atom. The van der Waals surface area contributed by atoms with Crippen molar-refractivity contribution in [3.8, 4) is 0 Å². The normalized spacial score (nSPS) is 30.5. The number of nitrogens with one attached hydrogen (secondary N) is 1. The number of fused-ring (bicyclic) bond motifs is 2. The van der Waals surface area contributed by atoms with Gasteiger partial charge in [0.1, 0.15) is 11.6 Å². The molecule has 0 saturated heterocycles. The molecule has 0 radical (unpaired) electrons. The Morgan fingerprint density at radius 1 is 1.35 bits per heavy atom. The molecule has 1 amide bonds. The van der Waals surface area contributed by atoms with Gasteiger partial charge in [-0.15, -0.1) is 0 Å². The van der Waals surface area contributed by atoms with Gasteiger partial charge in [0.25, 0.3) is 0 Å². The molecule has 4 nitrogen and oxygen atoms in total. The number of nitrogens with two attached hydrogens (primary N) is 1. The standard InChI is InChI=1S/C13H17N3O/c14-11-2-1-3-12(15-11)16-13(17)10-7-8-4-5-9(10)6-8/h1-3,8-10H,4-7H2,(H3,14,15,16,17). The van der Waals surface area contributed by atoms with E-state index in [0.29, 0.717) is 17.6 Å². The minimum Gasteiger partial charge on any atom is -0.384 e. The largest absolute Gasteiger partial charge is 0.384 e. The highest BCUT2D eigenvalue weighted by Gasteiger charge is 2.43. The van der Waals surface area contributed by atoms with Crippen LogP contribution >= 0.6 is 0 Å². The first kappa shape index (κ1) is 10.6. The Bertz CT molecular complexity index is 446. The molecule has 2 saturated carbocycles. The Morgan fingerprint density at radius 3 is 2.88 bits per heavy atom. The van der Waals surface area contributed by atoms with Gasteiger partial charge in [-0.3, -0.25) is 4.79 Å². The summed E-state index contributed by atoms with van der Waals surface area (Å²) >= 11 is 0. The second-order valence-electron chi connectivity index (χ2n) is 5.22. The van der Waals surface area contributed by atoms with E-state index in [-0.39, 0.29) is 11.8 Å². The van der Waals surface area contributed by atoms with E-state index in [0.717, 1.165) is 12.3 Å². The highest BCUT2D eigenvalue weighted by atomic mass is 16.2. The van der Waals surface area contributed by atoms with Crippen LogP contribution in [0.1, 0.15) is 25.7 Å². The fourth-order valence-electron chi connectivity index (χ4n) is 3.31. The number of carbonyl (C=O) groups is 1. The summed E-state index contributed by atoms with van der Waals surface area (Å²) in [7, 11) is 0. The van der Waals surface area contributed by atoms with Crippen molar-refractivity contribution in [2.24, 2.45) is 17.8 Å². The van der Waals surface area contributed by atoms with Crippen LogP contribution in [0.3, 0.4) is 0 Å². The van der Waals surface area contributed by atoms with Gasteiger partial charge >= 0.3 is 0 Å². The second kappa shape index (κ2) is 4.02. The van der Waals surface area contributed by atoms with Crippen molar-refractivity contribution in [3.05, 3.63) is 18.2 Å². The van der Waals surface area contributed by atoms with Gasteiger partial charge in [0, 0.05) is 5.92 Å². The Balaban J connectivity index is 1.68. The summed E-state index contributed by atoms with van der Waals surface area (Å²) in [6, 6.07) is 5.30. The molecule has 3 atom stereocenters. The maximum atomic E-state index is 12.1. The van der Waals surface area contributed by atoms with Crippen molar-refractivity contribution in [3.63, 3.8) is 0 Å². The van der Waals surface area contributed by atoms with Crippen molar-refractivity contribution >= 4 is 17.5 Å². The van der Waals surface area contributed by atoms with Gasteiger partial charge < -0.3 is 11.1 Å². The summed E-state index contributed by atoms with van der Waals surface area (Å²) in [4.78, 5) is 16.2. The number of anilines is 2. The minimum atomic E-state index is 0.121. The van der Waals surface area contributed by atoms with Crippen LogP contribution in [0.4, 0.5) is 11.6 Å². The van der Waals surface area contributed by atoms with Crippen LogP contribution in [-0.2, 0) is 4.79 Å². The fraction of sp³-hybridized carbons (Fsp3) is 0.538. The summed E-state index contributed by atoms with van der Waals surface area (Å²) in [6.07, 6.45) is 4.82. The van der Waals surface area contributed by atoms with Crippen molar-refractivity contribution in [2.75, 3.05) is 11.1 Å². The van der Waals surface area contributed by atoms with E-state index in [1.54, 1.807) is 18.2 Å². The SMILES string of the molecule is Nc1cccc(NC(=O)C2CC3CCC2C3)n1. The summed E-state index contributed by atoms with van der Waals surface area (Å²) in [5.74, 6) is 2.70. The lowest BCUT2D eigenvalue weighted by Crippen LogP contribution is -2.27. The lowest BCUT2D eigenvalue weighted by Gasteiger charge is -2.20. The number of pyridine rings is 1. The number of hydrogen-bond acceptors (Lipinski definition) is 3. The quantitative estimate of drug-likeness (QED) is 0.818. The molecule has 0 aliphatic heterocycles.